The van der Waals surface area contributed by atoms with Gasteiger partial charge in [-0.3, -0.25) is 9.69 Å². The van der Waals surface area contributed by atoms with Crippen LogP contribution in [0.25, 0.3) is 22.2 Å². The minimum atomic E-state index is -5.07. The quantitative estimate of drug-likeness (QED) is 0.262. The van der Waals surface area contributed by atoms with Crippen molar-refractivity contribution in [1.29, 1.82) is 0 Å². The van der Waals surface area contributed by atoms with Crippen LogP contribution in [0.1, 0.15) is 51.2 Å². The Labute approximate surface area is 275 Å². The second kappa shape index (κ2) is 13.8. The fraction of sp³-hybridized carbons (Fsp3) is 0.562. The first-order chi connectivity index (χ1) is 22.8. The molecule has 4 N–H and O–H groups in total. The van der Waals surface area contributed by atoms with E-state index in [-0.39, 0.29) is 35.6 Å². The average Bonchev–Trinajstić information content (AvgIpc) is 3.47. The predicted octanol–water partition coefficient (Wildman–Crippen LogP) is 4.76. The molecule has 3 aromatic rings. The van der Waals surface area contributed by atoms with Crippen LogP contribution in [-0.2, 0) is 11.0 Å². The summed E-state index contributed by atoms with van der Waals surface area (Å²) in [6.45, 7) is 9.91. The molecular formula is C32H41F5N8O3. The number of nitrogens with zero attached hydrogens (tertiary/aromatic N) is 5. The largest absolute Gasteiger partial charge is 0.474 e. The van der Waals surface area contributed by atoms with E-state index in [1.54, 1.807) is 18.9 Å². The maximum absolute atomic E-state index is 16.6. The Bertz CT molecular complexity index is 1690. The molecule has 11 nitrogen and oxygen atoms in total. The van der Waals surface area contributed by atoms with Crippen LogP contribution in [0.15, 0.2) is 6.07 Å². The van der Waals surface area contributed by atoms with Gasteiger partial charge in [-0.2, -0.15) is 23.1 Å². The van der Waals surface area contributed by atoms with Gasteiger partial charge >= 0.3 is 12.2 Å². The molecule has 1 aromatic carbocycles. The van der Waals surface area contributed by atoms with Gasteiger partial charge in [0.05, 0.1) is 17.4 Å². The fourth-order valence-corrected chi connectivity index (χ4v) is 6.54. The second-order valence-corrected chi connectivity index (χ2v) is 12.0. The maximum atomic E-state index is 16.6. The van der Waals surface area contributed by atoms with Crippen molar-refractivity contribution >= 4 is 28.3 Å². The summed E-state index contributed by atoms with van der Waals surface area (Å²) < 4.78 is 86.5. The van der Waals surface area contributed by atoms with Crippen molar-refractivity contribution in [1.82, 2.24) is 30.1 Å². The van der Waals surface area contributed by atoms with Gasteiger partial charge in [0, 0.05) is 38.8 Å². The number of rotatable bonds is 4. The van der Waals surface area contributed by atoms with Gasteiger partial charge < -0.3 is 30.7 Å². The Morgan fingerprint density at radius 1 is 1.10 bits per heavy atom. The fourth-order valence-electron chi connectivity index (χ4n) is 6.54. The van der Waals surface area contributed by atoms with Crippen molar-refractivity contribution in [2.24, 2.45) is 0 Å². The summed E-state index contributed by atoms with van der Waals surface area (Å²) in [5.74, 6) is -2.73. The lowest BCUT2D eigenvalue weighted by Gasteiger charge is -2.44. The number of hydrogen-bond acceptors (Lipinski definition) is 10. The van der Waals surface area contributed by atoms with E-state index in [0.717, 1.165) is 13.3 Å². The van der Waals surface area contributed by atoms with Crippen LogP contribution in [0, 0.1) is 18.6 Å². The molecule has 1 amide bonds. The molecule has 5 heterocycles. The van der Waals surface area contributed by atoms with Gasteiger partial charge in [0.2, 0.25) is 11.8 Å². The highest BCUT2D eigenvalue weighted by atomic mass is 19.4. The topological polar surface area (TPSA) is 131 Å². The number of carbonyl (C=O) groups is 1. The normalized spacial score (nSPS) is 21.8. The SMILES string of the molecule is CC.Cc1c(F)c(N)cc(-c2nc3c4c(nc(OC[C@]56CCCN5CCN(C)C6=O)nc4c2F)NCCNCCC(C)O3)c1C(F)(F)F. The molecule has 16 heteroatoms. The molecule has 2 atom stereocenters. The molecule has 3 aliphatic rings. The highest BCUT2D eigenvalue weighted by Crippen LogP contribution is 2.45. The second-order valence-electron chi connectivity index (χ2n) is 12.0. The zero-order chi connectivity index (χ0) is 35.0. The number of fused-ring (bicyclic) bond motifs is 1. The summed E-state index contributed by atoms with van der Waals surface area (Å²) in [5, 5.41) is 6.35. The zero-order valence-electron chi connectivity index (χ0n) is 27.7. The number of benzene rings is 1. The van der Waals surface area contributed by atoms with Gasteiger partial charge in [-0.05, 0) is 57.8 Å². The van der Waals surface area contributed by atoms with E-state index in [2.05, 4.69) is 30.5 Å². The van der Waals surface area contributed by atoms with Crippen LogP contribution in [0.5, 0.6) is 11.9 Å². The summed E-state index contributed by atoms with van der Waals surface area (Å²) in [5.41, 5.74) is 0.00696. The number of anilines is 2. The zero-order valence-corrected chi connectivity index (χ0v) is 27.7. The van der Waals surface area contributed by atoms with Gasteiger partial charge in [0.15, 0.2) is 5.82 Å². The van der Waals surface area contributed by atoms with Crippen LogP contribution in [0.3, 0.4) is 0 Å². The number of aromatic nitrogens is 3. The van der Waals surface area contributed by atoms with E-state index in [1.165, 1.54) is 0 Å². The molecule has 48 heavy (non-hydrogen) atoms. The van der Waals surface area contributed by atoms with E-state index in [9.17, 15) is 22.4 Å². The number of carbonyl (C=O) groups excluding carboxylic acids is 1. The minimum absolute atomic E-state index is 0.00292. The number of likely N-dealkylation sites (N-methyl/N-ethyl adjacent to an activating group) is 1. The molecule has 6 rings (SSSR count). The molecule has 0 aliphatic carbocycles. The summed E-state index contributed by atoms with van der Waals surface area (Å²) in [6.07, 6.45) is -3.73. The van der Waals surface area contributed by atoms with E-state index < -0.39 is 63.0 Å². The molecule has 0 saturated carbocycles. The van der Waals surface area contributed by atoms with Crippen LogP contribution in [-0.4, -0.2) is 95.2 Å². The third-order valence-electron chi connectivity index (χ3n) is 8.95. The predicted molar refractivity (Wildman–Crippen MR) is 171 cm³/mol. The third kappa shape index (κ3) is 6.39. The van der Waals surface area contributed by atoms with Gasteiger partial charge in [-0.15, -0.1) is 0 Å². The molecule has 2 saturated heterocycles. The molecule has 3 aliphatic heterocycles. The summed E-state index contributed by atoms with van der Waals surface area (Å²) in [6, 6.07) is 0.422. The highest BCUT2D eigenvalue weighted by molar-refractivity contribution is 5.97. The van der Waals surface area contributed by atoms with Crippen molar-refractivity contribution < 1.29 is 36.2 Å². The number of halogens is 5. The van der Waals surface area contributed by atoms with Gasteiger partial charge in [-0.25, -0.2) is 13.8 Å². The van der Waals surface area contributed by atoms with E-state index >= 15 is 4.39 Å². The van der Waals surface area contributed by atoms with Gasteiger partial charge in [0.1, 0.15) is 40.4 Å². The monoisotopic (exact) mass is 680 g/mol. The Morgan fingerprint density at radius 2 is 1.85 bits per heavy atom. The van der Waals surface area contributed by atoms with Crippen molar-refractivity contribution in [2.75, 3.05) is 64.0 Å². The van der Waals surface area contributed by atoms with Crippen molar-refractivity contribution in [3.05, 3.63) is 28.8 Å². The molecule has 0 spiro atoms. The number of nitrogens with two attached hydrogens (primary N) is 1. The number of ether oxygens (including phenoxy) is 2. The Morgan fingerprint density at radius 3 is 2.58 bits per heavy atom. The molecule has 1 unspecified atom stereocenters. The molecule has 0 bridgehead atoms. The molecular weight excluding hydrogens is 639 g/mol. The van der Waals surface area contributed by atoms with Crippen LogP contribution in [0.4, 0.5) is 33.5 Å². The number of pyridine rings is 1. The van der Waals surface area contributed by atoms with Crippen LogP contribution < -0.4 is 25.8 Å². The highest BCUT2D eigenvalue weighted by Gasteiger charge is 2.52. The number of piperazine rings is 1. The molecule has 2 aromatic heterocycles. The standard InChI is InChI=1S/C30H35F5N8O3.C2H6/c1-15-5-7-37-8-9-38-25-19-24(40-28(41-25)45-14-29-6-4-10-43(29)12-11-42(3)27(29)44)22(32)23(39-26(19)46-15)17-13-18(36)21(31)16(2)20(17)30(33,34)35;1-2/h13,15,37H,4-12,14,36H2,1-3H3,(H,38,40,41);1-2H3/t15?,29-;/m0./s1. The lowest BCUT2D eigenvalue weighted by Crippen LogP contribution is -2.64. The first-order valence-electron chi connectivity index (χ1n) is 16.1. The molecule has 262 valence electrons. The Balaban J connectivity index is 0.00000221. The smallest absolute Gasteiger partial charge is 0.417 e. The third-order valence-corrected chi connectivity index (χ3v) is 8.95. The van der Waals surface area contributed by atoms with E-state index in [1.807, 2.05) is 13.8 Å². The number of nitrogens with one attached hydrogen (secondary N) is 2. The Kier molecular flexibility index (Phi) is 10.2. The first kappa shape index (κ1) is 35.3. The summed E-state index contributed by atoms with van der Waals surface area (Å²) >= 11 is 0. The first-order valence-corrected chi connectivity index (χ1v) is 16.1. The van der Waals surface area contributed by atoms with Crippen molar-refractivity contribution in [2.45, 2.75) is 64.8 Å². The number of nitrogen functional groups attached to an aromatic ring is 1. The van der Waals surface area contributed by atoms with Crippen LogP contribution in [0.2, 0.25) is 0 Å². The molecule has 0 radical (unpaired) electrons. The average molecular weight is 681 g/mol. The lowest BCUT2D eigenvalue weighted by atomic mass is 9.93. The lowest BCUT2D eigenvalue weighted by molar-refractivity contribution is -0.149. The summed E-state index contributed by atoms with van der Waals surface area (Å²) in [7, 11) is 1.72. The van der Waals surface area contributed by atoms with Crippen molar-refractivity contribution in [3.63, 3.8) is 0 Å². The molecule has 2 fully saturated rings. The number of hydrogen-bond donors (Lipinski definition) is 3. The maximum Gasteiger partial charge on any atom is 0.417 e. The van der Waals surface area contributed by atoms with Gasteiger partial charge in [-0.1, -0.05) is 13.8 Å². The number of amides is 1. The van der Waals surface area contributed by atoms with Gasteiger partial charge in [0.25, 0.3) is 0 Å². The van der Waals surface area contributed by atoms with E-state index in [0.29, 0.717) is 58.2 Å². The Hall–Kier alpha value is -4.05. The minimum Gasteiger partial charge on any atom is -0.474 e. The summed E-state index contributed by atoms with van der Waals surface area (Å²) in [4.78, 5) is 30.1. The van der Waals surface area contributed by atoms with Crippen LogP contribution >= 0.6 is 0 Å². The van der Waals surface area contributed by atoms with Crippen molar-refractivity contribution in [3.8, 4) is 23.1 Å². The van der Waals surface area contributed by atoms with E-state index in [4.69, 9.17) is 15.2 Å². The number of alkyl halides is 3.